The number of aromatic nitrogens is 2. The molecule has 5 heteroatoms. The van der Waals surface area contributed by atoms with Crippen LogP contribution in [0.15, 0.2) is 49.2 Å². The zero-order valence-electron chi connectivity index (χ0n) is 11.5. The van der Waals surface area contributed by atoms with Gasteiger partial charge in [-0.3, -0.25) is 0 Å². The number of rotatable bonds is 7. The molecule has 0 atom stereocenters. The Morgan fingerprint density at radius 3 is 2.90 bits per heavy atom. The standard InChI is InChI=1S/C15H18N4O/c1-3-9-16-14-8-10-17-15(19-14)18-11-12-6-4-5-7-13(12)20-2/h3-8,10H,1,9,11H2,2H3,(H2,16,17,18,19). The first-order chi connectivity index (χ1) is 9.83. The van der Waals surface area contributed by atoms with Gasteiger partial charge in [-0.1, -0.05) is 24.3 Å². The molecule has 0 aliphatic heterocycles. The summed E-state index contributed by atoms with van der Waals surface area (Å²) in [6.07, 6.45) is 3.49. The number of anilines is 2. The first kappa shape index (κ1) is 13.9. The van der Waals surface area contributed by atoms with Crippen molar-refractivity contribution in [3.8, 4) is 5.75 Å². The fourth-order valence-electron chi connectivity index (χ4n) is 1.74. The number of nitrogens with zero attached hydrogens (tertiary/aromatic N) is 2. The molecule has 2 aromatic rings. The second kappa shape index (κ2) is 7.13. The molecule has 0 saturated carbocycles. The van der Waals surface area contributed by atoms with E-state index in [1.54, 1.807) is 19.4 Å². The lowest BCUT2D eigenvalue weighted by molar-refractivity contribution is 0.410. The molecule has 0 aliphatic carbocycles. The summed E-state index contributed by atoms with van der Waals surface area (Å²) < 4.78 is 5.31. The summed E-state index contributed by atoms with van der Waals surface area (Å²) in [5, 5.41) is 6.31. The average Bonchev–Trinajstić information content (AvgIpc) is 2.51. The summed E-state index contributed by atoms with van der Waals surface area (Å²) in [6, 6.07) is 9.67. The molecule has 1 heterocycles. The van der Waals surface area contributed by atoms with Gasteiger partial charge in [0.25, 0.3) is 0 Å². The van der Waals surface area contributed by atoms with Gasteiger partial charge in [0.05, 0.1) is 7.11 Å². The van der Waals surface area contributed by atoms with E-state index in [2.05, 4.69) is 27.2 Å². The topological polar surface area (TPSA) is 59.1 Å². The van der Waals surface area contributed by atoms with Crippen LogP contribution in [0.1, 0.15) is 5.56 Å². The van der Waals surface area contributed by atoms with Crippen LogP contribution in [0.5, 0.6) is 5.75 Å². The van der Waals surface area contributed by atoms with Crippen LogP contribution in [-0.4, -0.2) is 23.6 Å². The van der Waals surface area contributed by atoms with E-state index < -0.39 is 0 Å². The van der Waals surface area contributed by atoms with Gasteiger partial charge >= 0.3 is 0 Å². The molecular weight excluding hydrogens is 252 g/mol. The van der Waals surface area contributed by atoms with Crippen LogP contribution in [0.4, 0.5) is 11.8 Å². The number of hydrogen-bond donors (Lipinski definition) is 2. The van der Waals surface area contributed by atoms with E-state index in [0.29, 0.717) is 19.0 Å². The fourth-order valence-corrected chi connectivity index (χ4v) is 1.74. The predicted octanol–water partition coefficient (Wildman–Crippen LogP) is 2.70. The van der Waals surface area contributed by atoms with Gasteiger partial charge in [-0.2, -0.15) is 4.98 Å². The molecule has 0 radical (unpaired) electrons. The van der Waals surface area contributed by atoms with Gasteiger partial charge in [0, 0.05) is 24.8 Å². The zero-order chi connectivity index (χ0) is 14.2. The molecule has 0 unspecified atom stereocenters. The van der Waals surface area contributed by atoms with Crippen LogP contribution in [0.3, 0.4) is 0 Å². The molecule has 104 valence electrons. The predicted molar refractivity (Wildman–Crippen MR) is 81.0 cm³/mol. The van der Waals surface area contributed by atoms with Crippen molar-refractivity contribution in [2.24, 2.45) is 0 Å². The summed E-state index contributed by atoms with van der Waals surface area (Å²) in [5.41, 5.74) is 1.06. The van der Waals surface area contributed by atoms with E-state index in [-0.39, 0.29) is 0 Å². The lowest BCUT2D eigenvalue weighted by Gasteiger charge is -2.10. The van der Waals surface area contributed by atoms with Gasteiger partial charge in [0.1, 0.15) is 11.6 Å². The monoisotopic (exact) mass is 270 g/mol. The molecule has 2 rings (SSSR count). The summed E-state index contributed by atoms with van der Waals surface area (Å²) in [5.74, 6) is 2.19. The van der Waals surface area contributed by atoms with Crippen molar-refractivity contribution in [2.45, 2.75) is 6.54 Å². The SMILES string of the molecule is C=CCNc1ccnc(NCc2ccccc2OC)n1. The summed E-state index contributed by atoms with van der Waals surface area (Å²) in [4.78, 5) is 8.55. The zero-order valence-corrected chi connectivity index (χ0v) is 11.5. The van der Waals surface area contributed by atoms with Gasteiger partial charge in [0.15, 0.2) is 0 Å². The van der Waals surface area contributed by atoms with Gasteiger partial charge in [-0.05, 0) is 12.1 Å². The van der Waals surface area contributed by atoms with Gasteiger partial charge in [-0.25, -0.2) is 4.98 Å². The van der Waals surface area contributed by atoms with Crippen molar-refractivity contribution < 1.29 is 4.74 Å². The van der Waals surface area contributed by atoms with Gasteiger partial charge < -0.3 is 15.4 Å². The van der Waals surface area contributed by atoms with Crippen LogP contribution >= 0.6 is 0 Å². The number of hydrogen-bond acceptors (Lipinski definition) is 5. The number of benzene rings is 1. The summed E-state index contributed by atoms with van der Waals surface area (Å²) in [7, 11) is 1.66. The minimum Gasteiger partial charge on any atom is -0.496 e. The quantitative estimate of drug-likeness (QED) is 0.758. The molecule has 0 spiro atoms. The first-order valence-electron chi connectivity index (χ1n) is 6.37. The maximum Gasteiger partial charge on any atom is 0.224 e. The van der Waals surface area contributed by atoms with E-state index >= 15 is 0 Å². The van der Waals surface area contributed by atoms with Crippen molar-refractivity contribution >= 4 is 11.8 Å². The van der Waals surface area contributed by atoms with E-state index in [0.717, 1.165) is 17.1 Å². The van der Waals surface area contributed by atoms with Crippen molar-refractivity contribution in [1.82, 2.24) is 9.97 Å². The normalized spacial score (nSPS) is 9.85. The highest BCUT2D eigenvalue weighted by molar-refractivity contribution is 5.41. The van der Waals surface area contributed by atoms with Gasteiger partial charge in [-0.15, -0.1) is 6.58 Å². The lowest BCUT2D eigenvalue weighted by atomic mass is 10.2. The Morgan fingerprint density at radius 2 is 2.10 bits per heavy atom. The second-order valence-electron chi connectivity index (χ2n) is 4.10. The second-order valence-corrected chi connectivity index (χ2v) is 4.10. The third-order valence-electron chi connectivity index (χ3n) is 2.71. The Hall–Kier alpha value is -2.56. The molecule has 0 saturated heterocycles. The Morgan fingerprint density at radius 1 is 1.25 bits per heavy atom. The molecule has 1 aromatic heterocycles. The highest BCUT2D eigenvalue weighted by atomic mass is 16.5. The van der Waals surface area contributed by atoms with Crippen LogP contribution in [0, 0.1) is 0 Å². The first-order valence-corrected chi connectivity index (χ1v) is 6.37. The molecule has 1 aromatic carbocycles. The molecule has 0 bridgehead atoms. The Bertz CT molecular complexity index is 571. The summed E-state index contributed by atoms with van der Waals surface area (Å²) in [6.45, 7) is 4.93. The Balaban J connectivity index is 2.01. The van der Waals surface area contributed by atoms with Crippen LogP contribution in [-0.2, 0) is 6.54 Å². The molecule has 0 amide bonds. The molecule has 20 heavy (non-hydrogen) atoms. The van der Waals surface area contributed by atoms with Crippen molar-refractivity contribution in [3.05, 3.63) is 54.7 Å². The molecule has 5 nitrogen and oxygen atoms in total. The van der Waals surface area contributed by atoms with Crippen LogP contribution in [0.25, 0.3) is 0 Å². The number of para-hydroxylation sites is 1. The Labute approximate surface area is 118 Å². The van der Waals surface area contributed by atoms with Crippen LogP contribution in [0.2, 0.25) is 0 Å². The molecule has 0 fully saturated rings. The van der Waals surface area contributed by atoms with Crippen molar-refractivity contribution in [1.29, 1.82) is 0 Å². The number of methoxy groups -OCH3 is 1. The minimum atomic E-state index is 0.574. The average molecular weight is 270 g/mol. The van der Waals surface area contributed by atoms with Crippen molar-refractivity contribution in [2.75, 3.05) is 24.3 Å². The number of nitrogens with one attached hydrogen (secondary N) is 2. The fraction of sp³-hybridized carbons (Fsp3) is 0.200. The third-order valence-corrected chi connectivity index (χ3v) is 2.71. The van der Waals surface area contributed by atoms with Crippen molar-refractivity contribution in [3.63, 3.8) is 0 Å². The van der Waals surface area contributed by atoms with E-state index in [4.69, 9.17) is 4.74 Å². The third kappa shape index (κ3) is 3.71. The maximum absolute atomic E-state index is 5.31. The highest BCUT2D eigenvalue weighted by Crippen LogP contribution is 2.18. The largest absolute Gasteiger partial charge is 0.496 e. The van der Waals surface area contributed by atoms with E-state index in [9.17, 15) is 0 Å². The highest BCUT2D eigenvalue weighted by Gasteiger charge is 2.03. The lowest BCUT2D eigenvalue weighted by Crippen LogP contribution is -2.07. The smallest absolute Gasteiger partial charge is 0.224 e. The van der Waals surface area contributed by atoms with Gasteiger partial charge in [0.2, 0.25) is 5.95 Å². The minimum absolute atomic E-state index is 0.574. The van der Waals surface area contributed by atoms with Crippen LogP contribution < -0.4 is 15.4 Å². The molecule has 0 aliphatic rings. The Kier molecular flexibility index (Phi) is 4.94. The maximum atomic E-state index is 5.31. The summed E-state index contributed by atoms with van der Waals surface area (Å²) >= 11 is 0. The molecule has 2 N–H and O–H groups in total. The van der Waals surface area contributed by atoms with E-state index in [1.807, 2.05) is 30.3 Å². The number of ether oxygens (including phenoxy) is 1. The van der Waals surface area contributed by atoms with E-state index in [1.165, 1.54) is 0 Å². The molecular formula is C15H18N4O.